The lowest BCUT2D eigenvalue weighted by Gasteiger charge is -2.57. The van der Waals surface area contributed by atoms with Crippen LogP contribution < -0.4 is 0 Å². The summed E-state index contributed by atoms with van der Waals surface area (Å²) in [6, 6.07) is 0. The highest BCUT2D eigenvalue weighted by molar-refractivity contribution is 5.21. The van der Waals surface area contributed by atoms with E-state index in [1.807, 2.05) is 6.08 Å². The topological polar surface area (TPSA) is 60.7 Å². The fourth-order valence-electron chi connectivity index (χ4n) is 6.01. The summed E-state index contributed by atoms with van der Waals surface area (Å²) in [7, 11) is 0. The fourth-order valence-corrected chi connectivity index (χ4v) is 6.01. The Hall–Kier alpha value is -0.640. The predicted molar refractivity (Wildman–Crippen MR) is 91.8 cm³/mol. The van der Waals surface area contributed by atoms with E-state index in [-0.39, 0.29) is 17.9 Å². The zero-order valence-corrected chi connectivity index (χ0v) is 14.8. The lowest BCUT2D eigenvalue weighted by Crippen LogP contribution is -2.58. The van der Waals surface area contributed by atoms with Crippen LogP contribution >= 0.6 is 0 Å². The maximum Gasteiger partial charge on any atom is 0.0804 e. The molecular formula is C20H32O3. The third kappa shape index (κ3) is 2.43. The van der Waals surface area contributed by atoms with Gasteiger partial charge in [0.25, 0.3) is 0 Å². The van der Waals surface area contributed by atoms with Gasteiger partial charge in [-0.05, 0) is 67.8 Å². The van der Waals surface area contributed by atoms with Crippen LogP contribution in [0.2, 0.25) is 0 Å². The molecule has 0 heterocycles. The highest BCUT2D eigenvalue weighted by Crippen LogP contribution is 2.65. The van der Waals surface area contributed by atoms with Crippen LogP contribution in [0, 0.1) is 28.6 Å². The van der Waals surface area contributed by atoms with Crippen molar-refractivity contribution in [2.75, 3.05) is 6.61 Å². The van der Waals surface area contributed by atoms with Crippen molar-refractivity contribution in [1.29, 1.82) is 0 Å². The Labute approximate surface area is 140 Å². The number of hydrogen-bond donors (Lipinski definition) is 3. The molecule has 0 aliphatic heterocycles. The number of rotatable bonds is 2. The van der Waals surface area contributed by atoms with Crippen molar-refractivity contribution in [3.63, 3.8) is 0 Å². The zero-order chi connectivity index (χ0) is 17.0. The Balaban J connectivity index is 2.05. The van der Waals surface area contributed by atoms with Gasteiger partial charge in [-0.1, -0.05) is 32.1 Å². The maximum absolute atomic E-state index is 11.0. The van der Waals surface area contributed by atoms with Gasteiger partial charge in [0.2, 0.25) is 0 Å². The highest BCUT2D eigenvalue weighted by Gasteiger charge is 2.62. The summed E-state index contributed by atoms with van der Waals surface area (Å²) in [5.74, 6) is 0.965. The average Bonchev–Trinajstić information content (AvgIpc) is 2.77. The Kier molecular flexibility index (Phi) is 4.27. The Bertz CT molecular complexity index is 525. The van der Waals surface area contributed by atoms with Gasteiger partial charge in [0.05, 0.1) is 18.8 Å². The number of fused-ring (bicyclic) bond motifs is 3. The first-order valence-electron chi connectivity index (χ1n) is 9.06. The molecular weight excluding hydrogens is 288 g/mol. The summed E-state index contributed by atoms with van der Waals surface area (Å²) in [5.41, 5.74) is 1.74. The Morgan fingerprint density at radius 2 is 2.00 bits per heavy atom. The van der Waals surface area contributed by atoms with E-state index in [0.717, 1.165) is 37.7 Å². The van der Waals surface area contributed by atoms with Gasteiger partial charge in [0.1, 0.15) is 0 Å². The molecule has 23 heavy (non-hydrogen) atoms. The minimum atomic E-state index is -0.599. The van der Waals surface area contributed by atoms with Crippen molar-refractivity contribution in [1.82, 2.24) is 0 Å². The van der Waals surface area contributed by atoms with Crippen molar-refractivity contribution in [3.05, 3.63) is 23.8 Å². The Morgan fingerprint density at radius 1 is 1.30 bits per heavy atom. The van der Waals surface area contributed by atoms with Gasteiger partial charge < -0.3 is 15.3 Å². The van der Waals surface area contributed by atoms with Crippen LogP contribution in [0.25, 0.3) is 0 Å². The summed E-state index contributed by atoms with van der Waals surface area (Å²) in [6.45, 7) is 10.6. The molecule has 2 fully saturated rings. The van der Waals surface area contributed by atoms with E-state index < -0.39 is 17.6 Å². The van der Waals surface area contributed by atoms with Gasteiger partial charge in [-0.15, -0.1) is 0 Å². The molecule has 7 atom stereocenters. The van der Waals surface area contributed by atoms with E-state index in [0.29, 0.717) is 11.8 Å². The van der Waals surface area contributed by atoms with Crippen LogP contribution in [0.3, 0.4) is 0 Å². The van der Waals surface area contributed by atoms with Crippen LogP contribution in [0.4, 0.5) is 0 Å². The molecule has 0 radical (unpaired) electrons. The van der Waals surface area contributed by atoms with Crippen LogP contribution in [0.1, 0.15) is 52.9 Å². The van der Waals surface area contributed by atoms with Crippen LogP contribution in [-0.4, -0.2) is 34.1 Å². The smallest absolute Gasteiger partial charge is 0.0804 e. The van der Waals surface area contributed by atoms with Crippen molar-refractivity contribution in [3.8, 4) is 0 Å². The van der Waals surface area contributed by atoms with Crippen molar-refractivity contribution in [2.45, 2.75) is 65.1 Å². The predicted octanol–water partition coefficient (Wildman–Crippen LogP) is 3.06. The molecule has 3 N–H and O–H groups in total. The maximum atomic E-state index is 11.0. The molecule has 130 valence electrons. The second kappa shape index (κ2) is 5.72. The molecule has 3 aliphatic carbocycles. The third-order valence-electron chi connectivity index (χ3n) is 7.53. The van der Waals surface area contributed by atoms with Gasteiger partial charge in [0, 0.05) is 5.41 Å². The minimum Gasteiger partial charge on any atom is -0.392 e. The highest BCUT2D eigenvalue weighted by atomic mass is 16.3. The third-order valence-corrected chi connectivity index (χ3v) is 7.53. The van der Waals surface area contributed by atoms with E-state index in [1.165, 1.54) is 5.57 Å². The standard InChI is InChI=1S/C20H32O3/c1-12-5-6-15-18-14(13(2)11-21)7-8-19(18,3)10-17(23)20(15,4)16(22)9-12/h9,14-18,21-23H,2,5-8,10-11H2,1,3-4H3. The lowest BCUT2D eigenvalue weighted by molar-refractivity contribution is -0.162. The molecule has 7 unspecified atom stereocenters. The summed E-state index contributed by atoms with van der Waals surface area (Å²) >= 11 is 0. The van der Waals surface area contributed by atoms with Crippen LogP contribution in [-0.2, 0) is 0 Å². The molecule has 0 saturated heterocycles. The van der Waals surface area contributed by atoms with E-state index in [9.17, 15) is 15.3 Å². The largest absolute Gasteiger partial charge is 0.392 e. The molecule has 0 aromatic rings. The summed E-state index contributed by atoms with van der Waals surface area (Å²) in [6.07, 6.45) is 5.72. The number of allylic oxidation sites excluding steroid dienone is 1. The van der Waals surface area contributed by atoms with Gasteiger partial charge in [-0.25, -0.2) is 0 Å². The SMILES string of the molecule is C=C(CO)C1CCC2(C)CC(O)C3(C)C(O)C=C(C)CCC3C12. The molecule has 0 aromatic heterocycles. The second-order valence-electron chi connectivity index (χ2n) is 8.83. The minimum absolute atomic E-state index is 0.0447. The molecule has 3 aliphatic rings. The first-order chi connectivity index (χ1) is 10.7. The molecule has 0 aromatic carbocycles. The number of aliphatic hydroxyl groups is 3. The van der Waals surface area contributed by atoms with Gasteiger partial charge >= 0.3 is 0 Å². The quantitative estimate of drug-likeness (QED) is 0.685. The zero-order valence-electron chi connectivity index (χ0n) is 14.8. The van der Waals surface area contributed by atoms with Crippen molar-refractivity contribution >= 4 is 0 Å². The summed E-state index contributed by atoms with van der Waals surface area (Å²) in [5, 5.41) is 31.5. The first kappa shape index (κ1) is 17.2. The van der Waals surface area contributed by atoms with Gasteiger partial charge in [-0.3, -0.25) is 0 Å². The average molecular weight is 320 g/mol. The van der Waals surface area contributed by atoms with E-state index in [1.54, 1.807) is 0 Å². The lowest BCUT2D eigenvalue weighted by atomic mass is 9.49. The second-order valence-corrected chi connectivity index (χ2v) is 8.83. The van der Waals surface area contributed by atoms with Crippen molar-refractivity contribution < 1.29 is 15.3 Å². The number of hydrogen-bond acceptors (Lipinski definition) is 3. The monoisotopic (exact) mass is 320 g/mol. The molecule has 3 nitrogen and oxygen atoms in total. The van der Waals surface area contributed by atoms with E-state index in [2.05, 4.69) is 27.4 Å². The van der Waals surface area contributed by atoms with Crippen LogP contribution in [0.15, 0.2) is 23.8 Å². The molecule has 3 heteroatoms. The van der Waals surface area contributed by atoms with Gasteiger partial charge in [-0.2, -0.15) is 0 Å². The molecule has 2 saturated carbocycles. The molecule has 0 spiro atoms. The van der Waals surface area contributed by atoms with E-state index >= 15 is 0 Å². The van der Waals surface area contributed by atoms with Gasteiger partial charge in [0.15, 0.2) is 0 Å². The molecule has 0 bridgehead atoms. The molecule has 3 rings (SSSR count). The summed E-state index contributed by atoms with van der Waals surface area (Å²) in [4.78, 5) is 0. The Morgan fingerprint density at radius 3 is 2.65 bits per heavy atom. The van der Waals surface area contributed by atoms with Crippen molar-refractivity contribution in [2.24, 2.45) is 28.6 Å². The fraction of sp³-hybridized carbons (Fsp3) is 0.800. The normalized spacial score (nSPS) is 49.8. The van der Waals surface area contributed by atoms with Crippen LogP contribution in [0.5, 0.6) is 0 Å². The number of aliphatic hydroxyl groups excluding tert-OH is 3. The molecule has 0 amide bonds. The first-order valence-corrected chi connectivity index (χ1v) is 9.06. The summed E-state index contributed by atoms with van der Waals surface area (Å²) < 4.78 is 0. The van der Waals surface area contributed by atoms with E-state index in [4.69, 9.17) is 0 Å².